The molecule has 0 radical (unpaired) electrons. The summed E-state index contributed by atoms with van der Waals surface area (Å²) in [4.78, 5) is 31.6. The van der Waals surface area contributed by atoms with Crippen molar-refractivity contribution in [1.29, 1.82) is 0 Å². The predicted octanol–water partition coefficient (Wildman–Crippen LogP) is 4.76. The minimum atomic E-state index is -0.544. The largest absolute Gasteiger partial charge is 0.444 e. The van der Waals surface area contributed by atoms with Gasteiger partial charge in [-0.1, -0.05) is 30.2 Å². The number of aromatic nitrogens is 1. The van der Waals surface area contributed by atoms with Crippen LogP contribution in [-0.2, 0) is 4.74 Å². The van der Waals surface area contributed by atoms with E-state index < -0.39 is 11.7 Å². The van der Waals surface area contributed by atoms with E-state index in [1.807, 2.05) is 43.9 Å². The second kappa shape index (κ2) is 8.54. The van der Waals surface area contributed by atoms with Gasteiger partial charge in [-0.2, -0.15) is 0 Å². The molecule has 1 N–H and O–H groups in total. The Labute approximate surface area is 187 Å². The highest BCUT2D eigenvalue weighted by molar-refractivity contribution is 6.33. The van der Waals surface area contributed by atoms with E-state index in [0.29, 0.717) is 35.4 Å². The third-order valence-electron chi connectivity index (χ3n) is 5.98. The number of hydrogen-bond donors (Lipinski definition) is 1. The third kappa shape index (κ3) is 4.71. The number of carbonyl (C=O) groups is 2. The number of hydrogen-bond acceptors (Lipinski definition) is 5. The molecule has 1 aliphatic heterocycles. The van der Waals surface area contributed by atoms with Crippen LogP contribution in [0.4, 0.5) is 4.79 Å². The zero-order chi connectivity index (χ0) is 22.2. The summed E-state index contributed by atoms with van der Waals surface area (Å²) in [5.74, 6) is 0.747. The fraction of sp³-hybridized carbons (Fsp3) is 0.522. The number of amides is 2. The van der Waals surface area contributed by atoms with Crippen LogP contribution < -0.4 is 5.32 Å². The molecule has 0 unspecified atom stereocenters. The molecule has 2 heterocycles. The van der Waals surface area contributed by atoms with Crippen molar-refractivity contribution in [1.82, 2.24) is 15.2 Å². The van der Waals surface area contributed by atoms with E-state index in [1.54, 1.807) is 6.07 Å². The Kier molecular flexibility index (Phi) is 5.97. The lowest BCUT2D eigenvalue weighted by molar-refractivity contribution is 0.0460. The van der Waals surface area contributed by atoms with Crippen LogP contribution in [-0.4, -0.2) is 46.6 Å². The Bertz CT molecular complexity index is 968. The van der Waals surface area contributed by atoms with Crippen molar-refractivity contribution in [2.45, 2.75) is 51.7 Å². The number of likely N-dealkylation sites (tertiary alicyclic amines) is 1. The topological polar surface area (TPSA) is 84.7 Å². The van der Waals surface area contributed by atoms with Crippen LogP contribution in [0.25, 0.3) is 11.3 Å². The SMILES string of the molecule is CC(C)(C)OC(=O)N[C@@H]1CCC[C@@H]2CN(C(=O)c3ncoc3-c3ccccc3Cl)C[C@H]21. The molecule has 2 amide bonds. The maximum atomic E-state index is 13.3. The van der Waals surface area contributed by atoms with E-state index in [9.17, 15) is 9.59 Å². The highest BCUT2D eigenvalue weighted by Crippen LogP contribution is 2.38. The summed E-state index contributed by atoms with van der Waals surface area (Å²) < 4.78 is 11.0. The lowest BCUT2D eigenvalue weighted by Gasteiger charge is -2.33. The van der Waals surface area contributed by atoms with Crippen molar-refractivity contribution in [3.05, 3.63) is 41.4 Å². The maximum Gasteiger partial charge on any atom is 0.407 e. The fourth-order valence-corrected chi connectivity index (χ4v) is 4.88. The van der Waals surface area contributed by atoms with Crippen LogP contribution in [0.2, 0.25) is 5.02 Å². The Hall–Kier alpha value is -2.54. The molecule has 1 aliphatic carbocycles. The first-order valence-electron chi connectivity index (χ1n) is 10.7. The van der Waals surface area contributed by atoms with Crippen molar-refractivity contribution < 1.29 is 18.7 Å². The number of alkyl carbamates (subject to hydrolysis) is 1. The Morgan fingerprint density at radius 2 is 2.00 bits per heavy atom. The van der Waals surface area contributed by atoms with Gasteiger partial charge in [-0.05, 0) is 51.7 Å². The molecule has 0 spiro atoms. The molecule has 1 saturated heterocycles. The zero-order valence-corrected chi connectivity index (χ0v) is 18.8. The summed E-state index contributed by atoms with van der Waals surface area (Å²) in [7, 11) is 0. The minimum Gasteiger partial charge on any atom is -0.444 e. The average molecular weight is 446 g/mol. The summed E-state index contributed by atoms with van der Waals surface area (Å²) in [5.41, 5.74) is 0.368. The smallest absolute Gasteiger partial charge is 0.407 e. The first kappa shape index (κ1) is 21.7. The Morgan fingerprint density at radius 3 is 2.74 bits per heavy atom. The predicted molar refractivity (Wildman–Crippen MR) is 117 cm³/mol. The molecule has 4 rings (SSSR count). The summed E-state index contributed by atoms with van der Waals surface area (Å²) in [6.45, 7) is 6.76. The van der Waals surface area contributed by atoms with Gasteiger partial charge < -0.3 is 19.4 Å². The standard InChI is InChI=1S/C23H28ClN3O4/c1-23(2,3)31-22(29)26-18-10-6-7-14-11-27(12-16(14)18)21(28)19-20(30-13-25-19)15-8-4-5-9-17(15)24/h4-5,8-9,13-14,16,18H,6-7,10-12H2,1-3H3,(H,26,29)/t14-,16-,18-/m1/s1. The van der Waals surface area contributed by atoms with Gasteiger partial charge in [0.1, 0.15) is 5.60 Å². The Morgan fingerprint density at radius 1 is 1.23 bits per heavy atom. The molecule has 8 heteroatoms. The fourth-order valence-electron chi connectivity index (χ4n) is 4.66. The van der Waals surface area contributed by atoms with E-state index in [0.717, 1.165) is 19.3 Å². The van der Waals surface area contributed by atoms with Crippen molar-refractivity contribution >= 4 is 23.6 Å². The second-order valence-electron chi connectivity index (χ2n) is 9.33. The number of nitrogens with one attached hydrogen (secondary N) is 1. The van der Waals surface area contributed by atoms with Crippen molar-refractivity contribution in [2.75, 3.05) is 13.1 Å². The average Bonchev–Trinajstić information content (AvgIpc) is 3.34. The van der Waals surface area contributed by atoms with E-state index in [1.165, 1.54) is 6.39 Å². The maximum absolute atomic E-state index is 13.3. The molecule has 2 aromatic rings. The molecule has 7 nitrogen and oxygen atoms in total. The van der Waals surface area contributed by atoms with Gasteiger partial charge in [0.05, 0.1) is 5.02 Å². The number of benzene rings is 1. The van der Waals surface area contributed by atoms with E-state index in [2.05, 4.69) is 10.3 Å². The number of nitrogens with zero attached hydrogens (tertiary/aromatic N) is 2. The molecule has 0 bridgehead atoms. The molecule has 3 atom stereocenters. The molecule has 1 aromatic carbocycles. The summed E-state index contributed by atoms with van der Waals surface area (Å²) in [5, 5.41) is 3.54. The van der Waals surface area contributed by atoms with Crippen LogP contribution in [0.1, 0.15) is 50.5 Å². The highest BCUT2D eigenvalue weighted by atomic mass is 35.5. The molecule has 31 heavy (non-hydrogen) atoms. The Balaban J connectivity index is 1.48. The minimum absolute atomic E-state index is 0.00764. The van der Waals surface area contributed by atoms with Crippen LogP contribution in [0.15, 0.2) is 35.1 Å². The van der Waals surface area contributed by atoms with Crippen molar-refractivity contribution in [3.8, 4) is 11.3 Å². The van der Waals surface area contributed by atoms with Gasteiger partial charge in [0.2, 0.25) is 0 Å². The number of ether oxygens (including phenoxy) is 1. The molecule has 166 valence electrons. The number of rotatable bonds is 3. The quantitative estimate of drug-likeness (QED) is 0.736. The normalized spacial score (nSPS) is 23.4. The zero-order valence-electron chi connectivity index (χ0n) is 18.1. The molecule has 1 aromatic heterocycles. The van der Waals surface area contributed by atoms with Gasteiger partial charge in [0, 0.05) is 30.6 Å². The van der Waals surface area contributed by atoms with Gasteiger partial charge in [0.25, 0.3) is 5.91 Å². The van der Waals surface area contributed by atoms with E-state index in [-0.39, 0.29) is 23.6 Å². The molecular formula is C23H28ClN3O4. The van der Waals surface area contributed by atoms with Gasteiger partial charge in [-0.15, -0.1) is 0 Å². The van der Waals surface area contributed by atoms with Crippen molar-refractivity contribution in [2.24, 2.45) is 11.8 Å². The first-order chi connectivity index (χ1) is 14.7. The number of oxazole rings is 1. The number of halogens is 1. The van der Waals surface area contributed by atoms with Gasteiger partial charge in [-0.3, -0.25) is 4.79 Å². The third-order valence-corrected chi connectivity index (χ3v) is 6.31. The van der Waals surface area contributed by atoms with E-state index >= 15 is 0 Å². The molecular weight excluding hydrogens is 418 g/mol. The summed E-state index contributed by atoms with van der Waals surface area (Å²) in [6, 6.07) is 7.23. The van der Waals surface area contributed by atoms with Gasteiger partial charge in [0.15, 0.2) is 17.8 Å². The van der Waals surface area contributed by atoms with Crippen LogP contribution in [0, 0.1) is 11.8 Å². The second-order valence-corrected chi connectivity index (χ2v) is 9.73. The van der Waals surface area contributed by atoms with E-state index in [4.69, 9.17) is 20.8 Å². The molecule has 2 fully saturated rings. The number of carbonyl (C=O) groups excluding carboxylic acids is 2. The van der Waals surface area contributed by atoms with Gasteiger partial charge in [-0.25, -0.2) is 9.78 Å². The van der Waals surface area contributed by atoms with Gasteiger partial charge >= 0.3 is 6.09 Å². The summed E-state index contributed by atoms with van der Waals surface area (Å²) in [6.07, 6.45) is 3.81. The first-order valence-corrected chi connectivity index (χ1v) is 11.1. The number of fused-ring (bicyclic) bond motifs is 1. The highest BCUT2D eigenvalue weighted by Gasteiger charge is 2.43. The lowest BCUT2D eigenvalue weighted by Crippen LogP contribution is -2.47. The molecule has 2 aliphatic rings. The van der Waals surface area contributed by atoms with Crippen molar-refractivity contribution in [3.63, 3.8) is 0 Å². The van der Waals surface area contributed by atoms with Crippen LogP contribution >= 0.6 is 11.6 Å². The van der Waals surface area contributed by atoms with Crippen LogP contribution in [0.5, 0.6) is 0 Å². The van der Waals surface area contributed by atoms with Crippen LogP contribution in [0.3, 0.4) is 0 Å². The summed E-state index contributed by atoms with van der Waals surface area (Å²) >= 11 is 6.30. The monoisotopic (exact) mass is 445 g/mol. The molecule has 1 saturated carbocycles. The lowest BCUT2D eigenvalue weighted by atomic mass is 9.78.